The van der Waals surface area contributed by atoms with Gasteiger partial charge >= 0.3 is 0 Å². The van der Waals surface area contributed by atoms with E-state index in [0.29, 0.717) is 6.42 Å². The highest BCUT2D eigenvalue weighted by atomic mass is 16.2. The zero-order valence-corrected chi connectivity index (χ0v) is 10.8. The van der Waals surface area contributed by atoms with Crippen molar-refractivity contribution in [3.63, 3.8) is 0 Å². The molecule has 0 radical (unpaired) electrons. The fourth-order valence-electron chi connectivity index (χ4n) is 2.43. The zero-order chi connectivity index (χ0) is 13.1. The van der Waals surface area contributed by atoms with E-state index in [4.69, 9.17) is 0 Å². The first kappa shape index (κ1) is 12.0. The second-order valence-electron chi connectivity index (χ2n) is 4.89. The van der Waals surface area contributed by atoms with Crippen LogP contribution in [0.2, 0.25) is 0 Å². The molecular weight excluding hydrogens is 238 g/mol. The molecule has 2 aromatic rings. The Morgan fingerprint density at radius 2 is 1.89 bits per heavy atom. The van der Waals surface area contributed by atoms with Crippen LogP contribution in [-0.2, 0) is 11.2 Å². The summed E-state index contributed by atoms with van der Waals surface area (Å²) in [5.41, 5.74) is 1.99. The summed E-state index contributed by atoms with van der Waals surface area (Å²) < 4.78 is 1.81. The molecule has 1 aliphatic rings. The summed E-state index contributed by atoms with van der Waals surface area (Å²) >= 11 is 0. The minimum absolute atomic E-state index is 0.213. The Labute approximate surface area is 112 Å². The molecular formula is C15H17N3O. The molecule has 98 valence electrons. The van der Waals surface area contributed by atoms with Gasteiger partial charge < -0.3 is 4.90 Å². The van der Waals surface area contributed by atoms with Gasteiger partial charge in [0.05, 0.1) is 18.3 Å². The van der Waals surface area contributed by atoms with Crippen LogP contribution in [-0.4, -0.2) is 33.7 Å². The lowest BCUT2D eigenvalue weighted by atomic mass is 10.2. The summed E-state index contributed by atoms with van der Waals surface area (Å²) in [6.07, 6.45) is 6.43. The summed E-state index contributed by atoms with van der Waals surface area (Å²) in [4.78, 5) is 14.0. The Hall–Kier alpha value is -2.10. The van der Waals surface area contributed by atoms with Crippen molar-refractivity contribution < 1.29 is 4.79 Å². The molecule has 1 amide bonds. The van der Waals surface area contributed by atoms with Crippen LogP contribution in [0.4, 0.5) is 0 Å². The van der Waals surface area contributed by atoms with E-state index in [0.717, 1.165) is 37.2 Å². The molecule has 1 saturated heterocycles. The third-order valence-corrected chi connectivity index (χ3v) is 3.47. The number of likely N-dealkylation sites (tertiary alicyclic amines) is 1. The van der Waals surface area contributed by atoms with Crippen LogP contribution < -0.4 is 0 Å². The fraction of sp³-hybridized carbons (Fsp3) is 0.333. The van der Waals surface area contributed by atoms with E-state index in [1.165, 1.54) is 0 Å². The van der Waals surface area contributed by atoms with Crippen molar-refractivity contribution in [2.45, 2.75) is 19.3 Å². The van der Waals surface area contributed by atoms with Gasteiger partial charge in [0.15, 0.2) is 0 Å². The molecule has 2 heterocycles. The average molecular weight is 255 g/mol. The normalized spacial score (nSPS) is 14.8. The average Bonchev–Trinajstić information content (AvgIpc) is 3.11. The lowest BCUT2D eigenvalue weighted by molar-refractivity contribution is -0.129. The molecule has 0 unspecified atom stereocenters. The van der Waals surface area contributed by atoms with Crippen LogP contribution in [0.25, 0.3) is 5.69 Å². The topological polar surface area (TPSA) is 38.1 Å². The molecule has 1 aliphatic heterocycles. The van der Waals surface area contributed by atoms with Crippen molar-refractivity contribution in [1.29, 1.82) is 0 Å². The molecule has 4 nitrogen and oxygen atoms in total. The van der Waals surface area contributed by atoms with E-state index in [1.54, 1.807) is 6.20 Å². The summed E-state index contributed by atoms with van der Waals surface area (Å²) in [7, 11) is 0. The van der Waals surface area contributed by atoms with Gasteiger partial charge in [-0.25, -0.2) is 4.68 Å². The number of hydrogen-bond acceptors (Lipinski definition) is 2. The lowest BCUT2D eigenvalue weighted by Crippen LogP contribution is -2.28. The molecule has 0 saturated carbocycles. The molecule has 0 atom stereocenters. The van der Waals surface area contributed by atoms with Gasteiger partial charge in [0.2, 0.25) is 5.91 Å². The van der Waals surface area contributed by atoms with Crippen molar-refractivity contribution in [3.8, 4) is 5.69 Å². The molecule has 1 aromatic heterocycles. The van der Waals surface area contributed by atoms with Crippen molar-refractivity contribution in [2.24, 2.45) is 0 Å². The third kappa shape index (κ3) is 2.67. The van der Waals surface area contributed by atoms with Crippen molar-refractivity contribution >= 4 is 5.91 Å². The Morgan fingerprint density at radius 1 is 1.16 bits per heavy atom. The smallest absolute Gasteiger partial charge is 0.227 e. The number of benzene rings is 1. The number of rotatable bonds is 3. The second-order valence-corrected chi connectivity index (χ2v) is 4.89. The third-order valence-electron chi connectivity index (χ3n) is 3.47. The maximum Gasteiger partial charge on any atom is 0.227 e. The number of hydrogen-bond donors (Lipinski definition) is 0. The highest BCUT2D eigenvalue weighted by Gasteiger charge is 2.18. The predicted molar refractivity (Wildman–Crippen MR) is 73.1 cm³/mol. The van der Waals surface area contributed by atoms with E-state index in [2.05, 4.69) is 5.10 Å². The van der Waals surface area contributed by atoms with Gasteiger partial charge in [-0.2, -0.15) is 5.10 Å². The summed E-state index contributed by atoms with van der Waals surface area (Å²) in [6.45, 7) is 1.82. The predicted octanol–water partition coefficient (Wildman–Crippen LogP) is 2.04. The Bertz CT molecular complexity index is 556. The molecule has 0 aliphatic carbocycles. The fourth-order valence-corrected chi connectivity index (χ4v) is 2.43. The van der Waals surface area contributed by atoms with Crippen LogP contribution in [0, 0.1) is 0 Å². The second kappa shape index (κ2) is 5.26. The maximum absolute atomic E-state index is 12.0. The molecule has 1 aromatic carbocycles. The van der Waals surface area contributed by atoms with Crippen molar-refractivity contribution in [2.75, 3.05) is 13.1 Å². The first-order valence-electron chi connectivity index (χ1n) is 6.70. The molecule has 1 fully saturated rings. The lowest BCUT2D eigenvalue weighted by Gasteiger charge is -2.14. The number of nitrogens with zero attached hydrogens (tertiary/aromatic N) is 3. The number of aromatic nitrogens is 2. The standard InChI is InChI=1S/C15H17N3O/c19-15(17-8-4-5-9-17)10-13-11-16-18(12-13)14-6-2-1-3-7-14/h1-3,6-7,11-12H,4-5,8-10H2. The quantitative estimate of drug-likeness (QED) is 0.841. The van der Waals surface area contributed by atoms with Gasteiger partial charge in [-0.05, 0) is 30.5 Å². The molecule has 3 rings (SSSR count). The van der Waals surface area contributed by atoms with Gasteiger partial charge in [-0.3, -0.25) is 4.79 Å². The molecule has 0 N–H and O–H groups in total. The molecule has 4 heteroatoms. The van der Waals surface area contributed by atoms with E-state index >= 15 is 0 Å². The van der Waals surface area contributed by atoms with Crippen molar-refractivity contribution in [1.82, 2.24) is 14.7 Å². The first-order chi connectivity index (χ1) is 9.33. The summed E-state index contributed by atoms with van der Waals surface area (Å²) in [5.74, 6) is 0.213. The first-order valence-corrected chi connectivity index (χ1v) is 6.70. The number of carbonyl (C=O) groups excluding carboxylic acids is 1. The van der Waals surface area contributed by atoms with Crippen LogP contribution in [0.15, 0.2) is 42.7 Å². The minimum atomic E-state index is 0.213. The van der Waals surface area contributed by atoms with E-state index in [-0.39, 0.29) is 5.91 Å². The van der Waals surface area contributed by atoms with Gasteiger partial charge in [-0.15, -0.1) is 0 Å². The van der Waals surface area contributed by atoms with Gasteiger partial charge in [0.25, 0.3) is 0 Å². The monoisotopic (exact) mass is 255 g/mol. The number of carbonyl (C=O) groups is 1. The Balaban J connectivity index is 1.70. The Morgan fingerprint density at radius 3 is 2.63 bits per heavy atom. The SMILES string of the molecule is O=C(Cc1cnn(-c2ccccc2)c1)N1CCCC1. The van der Waals surface area contributed by atoms with Crippen LogP contribution in [0.5, 0.6) is 0 Å². The number of amides is 1. The van der Waals surface area contributed by atoms with Gasteiger partial charge in [0.1, 0.15) is 0 Å². The van der Waals surface area contributed by atoms with E-state index in [9.17, 15) is 4.79 Å². The van der Waals surface area contributed by atoms with Crippen LogP contribution in [0.3, 0.4) is 0 Å². The maximum atomic E-state index is 12.0. The van der Waals surface area contributed by atoms with E-state index < -0.39 is 0 Å². The van der Waals surface area contributed by atoms with Crippen LogP contribution in [0.1, 0.15) is 18.4 Å². The molecule has 0 spiro atoms. The Kier molecular flexibility index (Phi) is 3.31. The zero-order valence-electron chi connectivity index (χ0n) is 10.8. The highest BCUT2D eigenvalue weighted by molar-refractivity contribution is 5.78. The van der Waals surface area contributed by atoms with Crippen LogP contribution >= 0.6 is 0 Å². The van der Waals surface area contributed by atoms with E-state index in [1.807, 2.05) is 46.1 Å². The largest absolute Gasteiger partial charge is 0.342 e. The van der Waals surface area contributed by atoms with Gasteiger partial charge in [0, 0.05) is 19.3 Å². The summed E-state index contributed by atoms with van der Waals surface area (Å²) in [5, 5.41) is 4.31. The number of para-hydroxylation sites is 1. The summed E-state index contributed by atoms with van der Waals surface area (Å²) in [6, 6.07) is 9.93. The van der Waals surface area contributed by atoms with Crippen molar-refractivity contribution in [3.05, 3.63) is 48.3 Å². The van der Waals surface area contributed by atoms with Gasteiger partial charge in [-0.1, -0.05) is 18.2 Å². The minimum Gasteiger partial charge on any atom is -0.342 e. The molecule has 19 heavy (non-hydrogen) atoms. The molecule has 0 bridgehead atoms. The highest BCUT2D eigenvalue weighted by Crippen LogP contribution is 2.12.